The van der Waals surface area contributed by atoms with Gasteiger partial charge in [0, 0.05) is 0 Å². The van der Waals surface area contributed by atoms with Crippen molar-refractivity contribution in [3.63, 3.8) is 0 Å². The molecule has 0 heterocycles. The van der Waals surface area contributed by atoms with Gasteiger partial charge >= 0.3 is 5.97 Å². The lowest BCUT2D eigenvalue weighted by molar-refractivity contribution is -0.153. The molecule has 3 nitrogen and oxygen atoms in total. The van der Waals surface area contributed by atoms with Crippen molar-refractivity contribution in [2.75, 3.05) is 0 Å². The molecule has 15 heavy (non-hydrogen) atoms. The second-order valence-electron chi connectivity index (χ2n) is 4.78. The van der Waals surface area contributed by atoms with Gasteiger partial charge in [-0.15, -0.1) is 0 Å². The first-order valence-electron chi connectivity index (χ1n) is 5.51. The van der Waals surface area contributed by atoms with Gasteiger partial charge in [0.25, 0.3) is 0 Å². The third kappa shape index (κ3) is 7.11. The topological polar surface area (TPSA) is 43.4 Å². The fourth-order valence-corrected chi connectivity index (χ4v) is 1.33. The Balaban J connectivity index is 4.16. The van der Waals surface area contributed by atoms with Crippen LogP contribution in [-0.4, -0.2) is 17.9 Å². The zero-order valence-corrected chi connectivity index (χ0v) is 10.4. The number of hydrogen-bond acceptors (Lipinski definition) is 3. The molecular formula is C12H22O3. The van der Waals surface area contributed by atoms with E-state index in [2.05, 4.69) is 13.8 Å². The molecule has 0 aliphatic carbocycles. The summed E-state index contributed by atoms with van der Waals surface area (Å²) in [5.74, 6) is 0.236. The summed E-state index contributed by atoms with van der Waals surface area (Å²) in [5.41, 5.74) is 0. The first-order chi connectivity index (χ1) is 6.82. The highest BCUT2D eigenvalue weighted by Gasteiger charge is 2.20. The molecule has 0 rings (SSSR count). The van der Waals surface area contributed by atoms with Crippen LogP contribution in [0.3, 0.4) is 0 Å². The Morgan fingerprint density at radius 1 is 1.13 bits per heavy atom. The molecule has 1 unspecified atom stereocenters. The van der Waals surface area contributed by atoms with Crippen molar-refractivity contribution in [3.8, 4) is 0 Å². The van der Waals surface area contributed by atoms with Crippen LogP contribution in [0.5, 0.6) is 0 Å². The van der Waals surface area contributed by atoms with Crippen molar-refractivity contribution in [2.24, 2.45) is 11.8 Å². The molecule has 1 atom stereocenters. The minimum Gasteiger partial charge on any atom is -0.462 e. The maximum Gasteiger partial charge on any atom is 0.313 e. The smallest absolute Gasteiger partial charge is 0.313 e. The summed E-state index contributed by atoms with van der Waals surface area (Å²) in [7, 11) is 0. The number of carbonyl (C=O) groups excluding carboxylic acids is 2. The summed E-state index contributed by atoms with van der Waals surface area (Å²) >= 11 is 0. The van der Waals surface area contributed by atoms with Crippen molar-refractivity contribution in [2.45, 2.75) is 53.6 Å². The molecule has 0 saturated carbocycles. The van der Waals surface area contributed by atoms with Gasteiger partial charge in [0.1, 0.15) is 18.3 Å². The van der Waals surface area contributed by atoms with Crippen LogP contribution in [0, 0.1) is 11.8 Å². The molecule has 0 aliphatic rings. The first kappa shape index (κ1) is 14.1. The molecule has 0 aromatic carbocycles. The number of carbonyl (C=O) groups is 2. The Kier molecular flexibility index (Phi) is 6.21. The van der Waals surface area contributed by atoms with Gasteiger partial charge in [0.15, 0.2) is 0 Å². The van der Waals surface area contributed by atoms with E-state index in [4.69, 9.17) is 4.74 Å². The van der Waals surface area contributed by atoms with Crippen molar-refractivity contribution in [3.05, 3.63) is 0 Å². The van der Waals surface area contributed by atoms with E-state index in [1.807, 2.05) is 13.8 Å². The molecule has 88 valence electrons. The molecular weight excluding hydrogens is 192 g/mol. The minimum atomic E-state index is -0.401. The molecule has 0 bridgehead atoms. The largest absolute Gasteiger partial charge is 0.462 e. The first-order valence-corrected chi connectivity index (χ1v) is 5.51. The van der Waals surface area contributed by atoms with Crippen LogP contribution in [0.15, 0.2) is 0 Å². The molecule has 0 aromatic heterocycles. The Morgan fingerprint density at radius 3 is 2.00 bits per heavy atom. The van der Waals surface area contributed by atoms with Crippen molar-refractivity contribution >= 4 is 11.8 Å². The number of rotatable bonds is 6. The highest BCUT2D eigenvalue weighted by Crippen LogP contribution is 2.17. The second-order valence-corrected chi connectivity index (χ2v) is 4.78. The summed E-state index contributed by atoms with van der Waals surface area (Å²) in [6.07, 6.45) is 0.666. The van der Waals surface area contributed by atoms with Gasteiger partial charge in [0.2, 0.25) is 0 Å². The third-order valence-corrected chi connectivity index (χ3v) is 2.12. The normalized spacial score (nSPS) is 13.0. The Bertz CT molecular complexity index is 219. The molecule has 0 radical (unpaired) electrons. The highest BCUT2D eigenvalue weighted by molar-refractivity contribution is 5.94. The molecule has 0 aliphatic heterocycles. The summed E-state index contributed by atoms with van der Waals surface area (Å²) < 4.78 is 5.27. The van der Waals surface area contributed by atoms with E-state index in [0.717, 1.165) is 6.42 Å². The summed E-state index contributed by atoms with van der Waals surface area (Å²) in [4.78, 5) is 22.0. The van der Waals surface area contributed by atoms with Crippen LogP contribution >= 0.6 is 0 Å². The van der Waals surface area contributed by atoms with Gasteiger partial charge < -0.3 is 4.74 Å². The lowest BCUT2D eigenvalue weighted by Gasteiger charge is -2.22. The third-order valence-electron chi connectivity index (χ3n) is 2.12. The van der Waals surface area contributed by atoms with Crippen LogP contribution < -0.4 is 0 Å². The summed E-state index contributed by atoms with van der Waals surface area (Å²) in [5, 5.41) is 0. The molecule has 0 aromatic rings. The Labute approximate surface area is 92.2 Å². The van der Waals surface area contributed by atoms with Crippen LogP contribution in [-0.2, 0) is 14.3 Å². The standard InChI is InChI=1S/C12H22O3/c1-8(2)6-11(9(3)4)15-12(14)7-10(5)13/h8-9,11H,6-7H2,1-5H3. The highest BCUT2D eigenvalue weighted by atomic mass is 16.5. The molecule has 0 N–H and O–H groups in total. The van der Waals surface area contributed by atoms with Crippen LogP contribution in [0.4, 0.5) is 0 Å². The molecule has 0 fully saturated rings. The zero-order chi connectivity index (χ0) is 12.0. The molecule has 0 amide bonds. The maximum atomic E-state index is 11.3. The van der Waals surface area contributed by atoms with Gasteiger partial charge in [-0.3, -0.25) is 9.59 Å². The van der Waals surface area contributed by atoms with E-state index in [0.29, 0.717) is 11.8 Å². The average molecular weight is 214 g/mol. The number of Topliss-reactive ketones (excluding diaryl/α,β-unsaturated/α-hetero) is 1. The van der Waals surface area contributed by atoms with Gasteiger partial charge in [-0.05, 0) is 25.2 Å². The van der Waals surface area contributed by atoms with E-state index in [1.54, 1.807) is 0 Å². The second kappa shape index (κ2) is 6.59. The van der Waals surface area contributed by atoms with Gasteiger partial charge in [-0.1, -0.05) is 27.7 Å². The predicted octanol–water partition coefficient (Wildman–Crippen LogP) is 2.58. The quantitative estimate of drug-likeness (QED) is 0.504. The molecule has 3 heteroatoms. The van der Waals surface area contributed by atoms with Gasteiger partial charge in [-0.2, -0.15) is 0 Å². The molecule has 0 spiro atoms. The van der Waals surface area contributed by atoms with Crippen LogP contribution in [0.2, 0.25) is 0 Å². The fourth-order valence-electron chi connectivity index (χ4n) is 1.33. The van der Waals surface area contributed by atoms with Gasteiger partial charge in [-0.25, -0.2) is 0 Å². The fraction of sp³-hybridized carbons (Fsp3) is 0.833. The zero-order valence-electron chi connectivity index (χ0n) is 10.4. The summed E-state index contributed by atoms with van der Waals surface area (Å²) in [6.45, 7) is 9.62. The monoisotopic (exact) mass is 214 g/mol. The van der Waals surface area contributed by atoms with E-state index >= 15 is 0 Å². The lowest BCUT2D eigenvalue weighted by Crippen LogP contribution is -2.26. The van der Waals surface area contributed by atoms with E-state index in [9.17, 15) is 9.59 Å². The average Bonchev–Trinajstić information content (AvgIpc) is 1.99. The van der Waals surface area contributed by atoms with E-state index in [1.165, 1.54) is 6.92 Å². The lowest BCUT2D eigenvalue weighted by atomic mass is 9.97. The van der Waals surface area contributed by atoms with Crippen molar-refractivity contribution < 1.29 is 14.3 Å². The Hall–Kier alpha value is -0.860. The summed E-state index contributed by atoms with van der Waals surface area (Å²) in [6, 6.07) is 0. The van der Waals surface area contributed by atoms with E-state index < -0.39 is 5.97 Å². The van der Waals surface area contributed by atoms with Crippen LogP contribution in [0.25, 0.3) is 0 Å². The van der Waals surface area contributed by atoms with Crippen LogP contribution in [0.1, 0.15) is 47.5 Å². The number of ketones is 1. The number of esters is 1. The minimum absolute atomic E-state index is 0.0724. The molecule has 0 saturated heterocycles. The van der Waals surface area contributed by atoms with Gasteiger partial charge in [0.05, 0.1) is 0 Å². The Morgan fingerprint density at radius 2 is 1.67 bits per heavy atom. The predicted molar refractivity (Wildman–Crippen MR) is 59.5 cm³/mol. The van der Waals surface area contributed by atoms with E-state index in [-0.39, 0.29) is 18.3 Å². The van der Waals surface area contributed by atoms with Crippen molar-refractivity contribution in [1.82, 2.24) is 0 Å². The SMILES string of the molecule is CC(=O)CC(=O)OC(CC(C)C)C(C)C. The maximum absolute atomic E-state index is 11.3. The number of hydrogen-bond donors (Lipinski definition) is 0. The number of ether oxygens (including phenoxy) is 1. The van der Waals surface area contributed by atoms with Crippen molar-refractivity contribution in [1.29, 1.82) is 0 Å².